The van der Waals surface area contributed by atoms with Crippen molar-refractivity contribution in [1.82, 2.24) is 9.38 Å². The lowest BCUT2D eigenvalue weighted by Gasteiger charge is -2.03. The van der Waals surface area contributed by atoms with Crippen molar-refractivity contribution in [3.8, 4) is 22.8 Å². The van der Waals surface area contributed by atoms with Gasteiger partial charge in [0.2, 0.25) is 0 Å². The summed E-state index contributed by atoms with van der Waals surface area (Å²) in [4.78, 5) is 27.1. The molecule has 0 aliphatic rings. The number of hydrogen-bond acceptors (Lipinski definition) is 6. The van der Waals surface area contributed by atoms with Crippen molar-refractivity contribution < 1.29 is 19.2 Å². The van der Waals surface area contributed by atoms with E-state index < -0.39 is 10.9 Å². The average Bonchev–Trinajstić information content (AvgIpc) is 3.23. The summed E-state index contributed by atoms with van der Waals surface area (Å²) in [6, 6.07) is 17.3. The third kappa shape index (κ3) is 4.81. The molecule has 2 heterocycles. The fourth-order valence-electron chi connectivity index (χ4n) is 3.08. The number of carbonyl (C=O) groups excluding carboxylic acids is 1. The number of benzene rings is 2. The van der Waals surface area contributed by atoms with E-state index in [0.29, 0.717) is 23.7 Å². The fraction of sp³-hybridized carbons (Fsp3) is 0.0833. The summed E-state index contributed by atoms with van der Waals surface area (Å²) in [5, 5.41) is 10.9. The van der Waals surface area contributed by atoms with Crippen molar-refractivity contribution in [1.29, 1.82) is 0 Å². The molecule has 0 bridgehead atoms. The van der Waals surface area contributed by atoms with Gasteiger partial charge >= 0.3 is 5.97 Å². The molecule has 0 N–H and O–H groups in total. The van der Waals surface area contributed by atoms with Gasteiger partial charge in [0.25, 0.3) is 5.69 Å². The molecule has 8 heteroatoms. The number of fused-ring (bicyclic) bond motifs is 1. The number of ether oxygens (including phenoxy) is 2. The summed E-state index contributed by atoms with van der Waals surface area (Å²) in [5.41, 5.74) is 2.88. The number of carbonyl (C=O) groups is 1. The molecule has 32 heavy (non-hydrogen) atoms. The highest BCUT2D eigenvalue weighted by atomic mass is 16.6. The van der Waals surface area contributed by atoms with Crippen LogP contribution in [-0.2, 0) is 4.79 Å². The largest absolute Gasteiger partial charge is 0.494 e. The first-order chi connectivity index (χ1) is 15.5. The molecule has 8 nitrogen and oxygen atoms in total. The van der Waals surface area contributed by atoms with E-state index in [9.17, 15) is 14.9 Å². The van der Waals surface area contributed by atoms with E-state index in [1.165, 1.54) is 18.3 Å². The molecule has 4 rings (SSSR count). The van der Waals surface area contributed by atoms with Crippen LogP contribution in [0.15, 0.2) is 79.1 Å². The van der Waals surface area contributed by atoms with Gasteiger partial charge in [0.15, 0.2) is 0 Å². The number of imidazole rings is 1. The first kappa shape index (κ1) is 20.8. The topological polar surface area (TPSA) is 96.0 Å². The summed E-state index contributed by atoms with van der Waals surface area (Å²) in [6.07, 6.45) is 6.16. The Morgan fingerprint density at radius 1 is 1.03 bits per heavy atom. The quantitative estimate of drug-likeness (QED) is 0.136. The minimum absolute atomic E-state index is 0.0120. The zero-order valence-electron chi connectivity index (χ0n) is 17.2. The average molecular weight is 429 g/mol. The molecule has 2 aromatic carbocycles. The highest BCUT2D eigenvalue weighted by molar-refractivity contribution is 5.88. The Morgan fingerprint density at radius 2 is 1.75 bits per heavy atom. The van der Waals surface area contributed by atoms with Crippen molar-refractivity contribution in [2.24, 2.45) is 0 Å². The van der Waals surface area contributed by atoms with Crippen LogP contribution in [0.1, 0.15) is 12.5 Å². The minimum Gasteiger partial charge on any atom is -0.494 e. The van der Waals surface area contributed by atoms with Crippen LogP contribution in [0, 0.1) is 10.1 Å². The lowest BCUT2D eigenvalue weighted by Crippen LogP contribution is -2.03. The van der Waals surface area contributed by atoms with E-state index in [-0.39, 0.29) is 5.69 Å². The van der Waals surface area contributed by atoms with Gasteiger partial charge in [-0.15, -0.1) is 0 Å². The number of esters is 1. The zero-order valence-corrected chi connectivity index (χ0v) is 17.2. The lowest BCUT2D eigenvalue weighted by atomic mass is 10.1. The van der Waals surface area contributed by atoms with Gasteiger partial charge in [-0.2, -0.15) is 0 Å². The number of rotatable bonds is 7. The number of pyridine rings is 1. The highest BCUT2D eigenvalue weighted by Gasteiger charge is 2.10. The van der Waals surface area contributed by atoms with Crippen LogP contribution in [0.5, 0.6) is 11.5 Å². The minimum atomic E-state index is -0.494. The molecule has 2 aromatic heterocycles. The Labute approximate surface area is 183 Å². The molecule has 0 aliphatic carbocycles. The summed E-state index contributed by atoms with van der Waals surface area (Å²) < 4.78 is 12.3. The van der Waals surface area contributed by atoms with Gasteiger partial charge in [-0.25, -0.2) is 9.78 Å². The molecule has 0 fully saturated rings. The molecule has 0 radical (unpaired) electrons. The van der Waals surface area contributed by atoms with Gasteiger partial charge in [0, 0.05) is 23.9 Å². The van der Waals surface area contributed by atoms with E-state index in [4.69, 9.17) is 9.47 Å². The number of aromatic nitrogens is 2. The molecule has 0 aliphatic heterocycles. The maximum atomic E-state index is 12.1. The second-order valence-electron chi connectivity index (χ2n) is 6.82. The first-order valence-electron chi connectivity index (χ1n) is 9.88. The molecule has 0 saturated heterocycles. The normalized spacial score (nSPS) is 11.0. The molecular formula is C24H19N3O5. The SMILES string of the molecule is CCOc1ccc(/C=C/C(=O)Oc2ccc(-c3cn4cc([N+](=O)[O-])ccc4n3)cc2)cc1. The molecule has 4 aromatic rings. The lowest BCUT2D eigenvalue weighted by molar-refractivity contribution is -0.385. The maximum absolute atomic E-state index is 12.1. The first-order valence-corrected chi connectivity index (χ1v) is 9.88. The van der Waals surface area contributed by atoms with Gasteiger partial charge in [-0.1, -0.05) is 12.1 Å². The van der Waals surface area contributed by atoms with Gasteiger partial charge in [0.1, 0.15) is 17.1 Å². The predicted molar refractivity (Wildman–Crippen MR) is 120 cm³/mol. The van der Waals surface area contributed by atoms with Crippen molar-refractivity contribution in [3.63, 3.8) is 0 Å². The maximum Gasteiger partial charge on any atom is 0.336 e. The fourth-order valence-corrected chi connectivity index (χ4v) is 3.08. The third-order valence-corrected chi connectivity index (χ3v) is 4.62. The van der Waals surface area contributed by atoms with E-state index in [0.717, 1.165) is 16.9 Å². The zero-order chi connectivity index (χ0) is 22.5. The van der Waals surface area contributed by atoms with Crippen molar-refractivity contribution >= 4 is 23.4 Å². The number of nitrogens with zero attached hydrogens (tertiary/aromatic N) is 3. The van der Waals surface area contributed by atoms with Crippen LogP contribution >= 0.6 is 0 Å². The van der Waals surface area contributed by atoms with Crippen LogP contribution in [-0.4, -0.2) is 26.9 Å². The number of nitro groups is 1. The summed E-state index contributed by atoms with van der Waals surface area (Å²) >= 11 is 0. The summed E-state index contributed by atoms with van der Waals surface area (Å²) in [5.74, 6) is 0.678. The van der Waals surface area contributed by atoms with Crippen LogP contribution in [0.4, 0.5) is 5.69 Å². The highest BCUT2D eigenvalue weighted by Crippen LogP contribution is 2.24. The molecule has 0 amide bonds. The molecule has 0 atom stereocenters. The standard InChI is InChI=1S/C24H19N3O5/c1-2-31-20-9-3-17(4-10-20)5-14-24(28)32-21-11-6-18(7-12-21)22-16-26-15-19(27(29)30)8-13-23(26)25-22/h3-16H,2H2,1H3/b14-5+. The predicted octanol–water partition coefficient (Wildman–Crippen LogP) is 4.93. The molecular weight excluding hydrogens is 410 g/mol. The van der Waals surface area contributed by atoms with E-state index >= 15 is 0 Å². The Balaban J connectivity index is 1.41. The van der Waals surface area contributed by atoms with Crippen molar-refractivity contribution in [3.05, 3.63) is 94.8 Å². The second kappa shape index (κ2) is 9.13. The van der Waals surface area contributed by atoms with E-state index in [2.05, 4.69) is 4.98 Å². The number of hydrogen-bond donors (Lipinski definition) is 0. The Bertz CT molecular complexity index is 1290. The smallest absolute Gasteiger partial charge is 0.336 e. The molecule has 0 unspecified atom stereocenters. The molecule has 0 spiro atoms. The van der Waals surface area contributed by atoms with Crippen LogP contribution in [0.2, 0.25) is 0 Å². The molecule has 0 saturated carbocycles. The van der Waals surface area contributed by atoms with E-state index in [1.807, 2.05) is 31.2 Å². The molecule has 160 valence electrons. The Morgan fingerprint density at radius 3 is 2.44 bits per heavy atom. The Kier molecular flexibility index (Phi) is 5.94. The summed E-state index contributed by atoms with van der Waals surface area (Å²) in [6.45, 7) is 2.52. The Hall–Kier alpha value is -4.46. The van der Waals surface area contributed by atoms with Crippen molar-refractivity contribution in [2.75, 3.05) is 6.61 Å². The van der Waals surface area contributed by atoms with Crippen molar-refractivity contribution in [2.45, 2.75) is 6.92 Å². The van der Waals surface area contributed by atoms with Gasteiger partial charge in [0.05, 0.1) is 23.4 Å². The van der Waals surface area contributed by atoms with Gasteiger partial charge < -0.3 is 9.47 Å². The third-order valence-electron chi connectivity index (χ3n) is 4.62. The second-order valence-corrected chi connectivity index (χ2v) is 6.82. The summed E-state index contributed by atoms with van der Waals surface area (Å²) in [7, 11) is 0. The monoisotopic (exact) mass is 429 g/mol. The van der Waals surface area contributed by atoms with Gasteiger partial charge in [-0.05, 0) is 61.0 Å². The van der Waals surface area contributed by atoms with Crippen LogP contribution < -0.4 is 9.47 Å². The van der Waals surface area contributed by atoms with Gasteiger partial charge in [-0.3, -0.25) is 14.5 Å². The van der Waals surface area contributed by atoms with Crippen LogP contribution in [0.3, 0.4) is 0 Å². The van der Waals surface area contributed by atoms with Crippen LogP contribution in [0.25, 0.3) is 23.0 Å². The van der Waals surface area contributed by atoms with E-state index in [1.54, 1.807) is 47.0 Å².